The third-order valence-corrected chi connectivity index (χ3v) is 10.2. The minimum atomic E-state index is -0.227. The summed E-state index contributed by atoms with van der Waals surface area (Å²) < 4.78 is 2.18. The van der Waals surface area contributed by atoms with E-state index >= 15 is 0 Å². The Balaban J connectivity index is 1.46. The molecule has 3 aliphatic rings. The number of nitrogens with zero attached hydrogens (tertiary/aromatic N) is 6. The van der Waals surface area contributed by atoms with Gasteiger partial charge < -0.3 is 14.7 Å². The Kier molecular flexibility index (Phi) is 6.71. The van der Waals surface area contributed by atoms with E-state index in [0.717, 1.165) is 77.9 Å². The molecule has 10 heteroatoms. The summed E-state index contributed by atoms with van der Waals surface area (Å²) >= 11 is 7.12. The predicted octanol–water partition coefficient (Wildman–Crippen LogP) is 5.27. The van der Waals surface area contributed by atoms with E-state index in [4.69, 9.17) is 16.7 Å². The van der Waals surface area contributed by atoms with Crippen molar-refractivity contribution in [2.45, 2.75) is 71.4 Å². The normalized spacial score (nSPS) is 23.3. The molecule has 9 nitrogen and oxygen atoms in total. The maximum atomic E-state index is 12.6. The van der Waals surface area contributed by atoms with E-state index in [-0.39, 0.29) is 28.8 Å². The van der Waals surface area contributed by atoms with Crippen molar-refractivity contribution in [3.8, 4) is 11.1 Å². The van der Waals surface area contributed by atoms with Crippen molar-refractivity contribution in [3.63, 3.8) is 0 Å². The molecule has 3 saturated heterocycles. The van der Waals surface area contributed by atoms with Gasteiger partial charge in [-0.05, 0) is 71.1 Å². The van der Waals surface area contributed by atoms with E-state index in [2.05, 4.69) is 47.1 Å². The number of hydrogen-bond acceptors (Lipinski definition) is 5. The second kappa shape index (κ2) is 9.89. The molecule has 1 spiro atoms. The summed E-state index contributed by atoms with van der Waals surface area (Å²) in [7, 11) is 1.92. The van der Waals surface area contributed by atoms with Crippen molar-refractivity contribution in [2.24, 2.45) is 5.41 Å². The Morgan fingerprint density at radius 1 is 1.20 bits per heavy atom. The van der Waals surface area contributed by atoms with E-state index in [1.807, 2.05) is 36.0 Å². The average Bonchev–Trinajstić information content (AvgIpc) is 3.60. The van der Waals surface area contributed by atoms with Gasteiger partial charge in [0.05, 0.1) is 22.8 Å². The Morgan fingerprint density at radius 2 is 1.93 bits per heavy atom. The van der Waals surface area contributed by atoms with Crippen LogP contribution >= 0.6 is 11.6 Å². The van der Waals surface area contributed by atoms with E-state index in [0.29, 0.717) is 24.5 Å². The van der Waals surface area contributed by atoms with Crippen LogP contribution in [-0.2, 0) is 9.59 Å². The zero-order valence-electron chi connectivity index (χ0n) is 24.8. The van der Waals surface area contributed by atoms with Gasteiger partial charge in [-0.1, -0.05) is 18.2 Å². The number of nitrogens with one attached hydrogen (secondary N) is 1. The van der Waals surface area contributed by atoms with Crippen LogP contribution in [0, 0.1) is 19.3 Å². The van der Waals surface area contributed by atoms with Gasteiger partial charge in [0.15, 0.2) is 5.82 Å². The number of benzene rings is 1. The largest absolute Gasteiger partial charge is 0.349 e. The van der Waals surface area contributed by atoms with Crippen LogP contribution in [-0.4, -0.2) is 80.4 Å². The molecule has 3 aromatic rings. The first-order chi connectivity index (χ1) is 19.4. The molecule has 1 aromatic carbocycles. The van der Waals surface area contributed by atoms with Gasteiger partial charge in [-0.3, -0.25) is 19.4 Å². The lowest BCUT2D eigenvalue weighted by atomic mass is 9.70. The third kappa shape index (κ3) is 4.53. The van der Waals surface area contributed by atoms with E-state index in [9.17, 15) is 9.59 Å². The quantitative estimate of drug-likeness (QED) is 0.426. The van der Waals surface area contributed by atoms with Gasteiger partial charge in [0.1, 0.15) is 0 Å². The number of likely N-dealkylation sites (tertiary alicyclic amines) is 2. The molecule has 0 aliphatic carbocycles. The number of hydrogen-bond donors (Lipinski definition) is 1. The first kappa shape index (κ1) is 27.8. The molecule has 6 rings (SSSR count). The van der Waals surface area contributed by atoms with Gasteiger partial charge in [-0.25, -0.2) is 0 Å². The zero-order valence-corrected chi connectivity index (χ0v) is 25.5. The molecule has 1 unspecified atom stereocenters. The molecular weight excluding hydrogens is 538 g/mol. The highest BCUT2D eigenvalue weighted by Crippen LogP contribution is 2.51. The highest BCUT2D eigenvalue weighted by Gasteiger charge is 2.50. The molecule has 218 valence electrons. The maximum absolute atomic E-state index is 12.6. The minimum Gasteiger partial charge on any atom is -0.349 e. The van der Waals surface area contributed by atoms with Crippen molar-refractivity contribution in [2.75, 3.05) is 38.1 Å². The summed E-state index contributed by atoms with van der Waals surface area (Å²) in [5, 5.41) is 14.6. The van der Waals surface area contributed by atoms with E-state index < -0.39 is 0 Å². The Labute approximate surface area is 246 Å². The van der Waals surface area contributed by atoms with Crippen LogP contribution in [0.25, 0.3) is 22.0 Å². The molecule has 5 heterocycles. The molecule has 0 radical (unpaired) electrons. The molecule has 1 atom stereocenters. The molecule has 3 aliphatic heterocycles. The van der Waals surface area contributed by atoms with Crippen LogP contribution in [0.15, 0.2) is 24.9 Å². The van der Waals surface area contributed by atoms with Gasteiger partial charge in [-0.15, -0.1) is 0 Å². The first-order valence-corrected chi connectivity index (χ1v) is 15.0. The number of amides is 2. The Morgan fingerprint density at radius 3 is 2.56 bits per heavy atom. The lowest BCUT2D eigenvalue weighted by Gasteiger charge is -2.50. The van der Waals surface area contributed by atoms with Crippen molar-refractivity contribution >= 4 is 40.1 Å². The monoisotopic (exact) mass is 577 g/mol. The molecule has 0 bridgehead atoms. The Hall–Kier alpha value is -3.33. The van der Waals surface area contributed by atoms with Gasteiger partial charge in [0.25, 0.3) is 0 Å². The summed E-state index contributed by atoms with van der Waals surface area (Å²) in [6, 6.07) is 2.21. The summed E-state index contributed by atoms with van der Waals surface area (Å²) in [5.41, 5.74) is 4.76. The second-order valence-electron chi connectivity index (χ2n) is 13.0. The predicted molar refractivity (Wildman–Crippen MR) is 162 cm³/mol. The van der Waals surface area contributed by atoms with Gasteiger partial charge in [0.2, 0.25) is 11.8 Å². The number of aryl methyl sites for hydroxylation is 1. The number of fused-ring (bicyclic) bond motifs is 1. The standard InChI is InChI=1S/C31H40ClN7O2/c1-7-24(40)37-11-8-21(9-12-37)39-20(3)26(27-22-16-33-34-23(22)14-19(2)28(27)32)29(35-39)38-13-10-31(17-30(38,4)5)15-25(41)36(6)18-31/h7,14,16,21H,1,8-13,15,17-18H2,2-6H3,(H,33,34). The van der Waals surface area contributed by atoms with Crippen LogP contribution in [0.2, 0.25) is 5.02 Å². The molecule has 1 N–H and O–H groups in total. The summed E-state index contributed by atoms with van der Waals surface area (Å²) in [6.07, 6.45) is 7.35. The van der Waals surface area contributed by atoms with Crippen LogP contribution in [0.4, 0.5) is 5.82 Å². The number of rotatable bonds is 4. The zero-order chi connectivity index (χ0) is 29.3. The van der Waals surface area contributed by atoms with Crippen LogP contribution in [0.3, 0.4) is 0 Å². The average molecular weight is 578 g/mol. The highest BCUT2D eigenvalue weighted by atomic mass is 35.5. The maximum Gasteiger partial charge on any atom is 0.245 e. The van der Waals surface area contributed by atoms with Gasteiger partial charge in [0, 0.05) is 72.8 Å². The molecule has 2 aromatic heterocycles. The number of H-pyrrole nitrogens is 1. The number of carbonyl (C=O) groups excluding carboxylic acids is 2. The molecule has 0 saturated carbocycles. The van der Waals surface area contributed by atoms with Gasteiger partial charge >= 0.3 is 0 Å². The number of anilines is 1. The highest BCUT2D eigenvalue weighted by molar-refractivity contribution is 6.36. The smallest absolute Gasteiger partial charge is 0.245 e. The summed E-state index contributed by atoms with van der Waals surface area (Å²) in [5.74, 6) is 1.15. The second-order valence-corrected chi connectivity index (χ2v) is 13.4. The number of halogens is 1. The van der Waals surface area contributed by atoms with Crippen molar-refractivity contribution in [1.29, 1.82) is 0 Å². The Bertz CT molecular complexity index is 1550. The van der Waals surface area contributed by atoms with Gasteiger partial charge in [-0.2, -0.15) is 10.2 Å². The third-order valence-electron chi connectivity index (χ3n) is 9.73. The number of aromatic nitrogens is 4. The fourth-order valence-electron chi connectivity index (χ4n) is 7.78. The SMILES string of the molecule is C=CC(=O)N1CCC(n2nc(N3CCC4(CC(=O)N(C)C4)CC3(C)C)c(-c3c(Cl)c(C)cc4[nH]ncc34)c2C)CC1. The van der Waals surface area contributed by atoms with Crippen LogP contribution in [0.5, 0.6) is 0 Å². The lowest BCUT2D eigenvalue weighted by molar-refractivity contribution is -0.127. The topological polar surface area (TPSA) is 90.4 Å². The van der Waals surface area contributed by atoms with Crippen molar-refractivity contribution in [1.82, 2.24) is 29.8 Å². The van der Waals surface area contributed by atoms with Crippen LogP contribution in [0.1, 0.15) is 63.3 Å². The summed E-state index contributed by atoms with van der Waals surface area (Å²) in [4.78, 5) is 31.0. The lowest BCUT2D eigenvalue weighted by Crippen LogP contribution is -2.54. The van der Waals surface area contributed by atoms with Crippen LogP contribution < -0.4 is 4.90 Å². The number of piperidine rings is 2. The first-order valence-electron chi connectivity index (χ1n) is 14.6. The fraction of sp³-hybridized carbons (Fsp3) is 0.548. The molecule has 41 heavy (non-hydrogen) atoms. The fourth-order valence-corrected chi connectivity index (χ4v) is 8.03. The molecule has 2 amide bonds. The number of carbonyl (C=O) groups is 2. The number of aromatic amines is 1. The molecule has 3 fully saturated rings. The summed E-state index contributed by atoms with van der Waals surface area (Å²) in [6.45, 7) is 15.3. The van der Waals surface area contributed by atoms with Crippen molar-refractivity contribution < 1.29 is 9.59 Å². The molecular formula is C31H40ClN7O2. The van der Waals surface area contributed by atoms with Crippen molar-refractivity contribution in [3.05, 3.63) is 41.2 Å². The van der Waals surface area contributed by atoms with E-state index in [1.54, 1.807) is 0 Å². The minimum absolute atomic E-state index is 0.00701. The van der Waals surface area contributed by atoms with E-state index in [1.165, 1.54) is 6.08 Å².